The van der Waals surface area contributed by atoms with E-state index in [0.29, 0.717) is 25.1 Å². The molecule has 1 N–H and O–H groups in total. The monoisotopic (exact) mass is 613 g/mol. The van der Waals surface area contributed by atoms with Gasteiger partial charge in [0.2, 0.25) is 11.8 Å². The van der Waals surface area contributed by atoms with Crippen molar-refractivity contribution in [3.63, 3.8) is 0 Å². The number of hydrogen-bond acceptors (Lipinski definition) is 4. The minimum atomic E-state index is -4.06. The summed E-state index contributed by atoms with van der Waals surface area (Å²) in [7, 11) is -4.06. The highest BCUT2D eigenvalue weighted by molar-refractivity contribution is 9.10. The van der Waals surface area contributed by atoms with Gasteiger partial charge < -0.3 is 10.2 Å². The summed E-state index contributed by atoms with van der Waals surface area (Å²) in [5.74, 6) is -0.667. The standard InChI is InChI=1S/C30H36BrN3O4S/c1-3-5-21-32-30(36)28(4-2)33(22-20-24-12-8-6-9-13-24)29(35)23-34(26-18-16-25(31)17-19-26)39(37,38)27-14-10-7-11-15-27/h6-19,28H,3-5,20-23H2,1-2H3,(H,32,36)/t28-/m0/s1. The van der Waals surface area contributed by atoms with Crippen LogP contribution >= 0.6 is 15.9 Å². The van der Waals surface area contributed by atoms with E-state index in [1.54, 1.807) is 42.5 Å². The lowest BCUT2D eigenvalue weighted by molar-refractivity contribution is -0.139. The van der Waals surface area contributed by atoms with Crippen molar-refractivity contribution in [3.05, 3.63) is 95.0 Å². The fourth-order valence-electron chi connectivity index (χ4n) is 4.26. The molecule has 9 heteroatoms. The molecule has 1 atom stereocenters. The molecular formula is C30H36BrN3O4S. The molecule has 0 heterocycles. The van der Waals surface area contributed by atoms with Gasteiger partial charge in [0.15, 0.2) is 0 Å². The van der Waals surface area contributed by atoms with Gasteiger partial charge in [0.1, 0.15) is 12.6 Å². The number of amides is 2. The molecule has 0 aliphatic rings. The first kappa shape index (κ1) is 30.4. The van der Waals surface area contributed by atoms with Gasteiger partial charge in [-0.2, -0.15) is 0 Å². The number of anilines is 1. The number of benzene rings is 3. The lowest BCUT2D eigenvalue weighted by Gasteiger charge is -2.33. The Hall–Kier alpha value is -3.17. The predicted octanol–water partition coefficient (Wildman–Crippen LogP) is 5.41. The van der Waals surface area contributed by atoms with Gasteiger partial charge in [0.05, 0.1) is 10.6 Å². The fourth-order valence-corrected chi connectivity index (χ4v) is 5.96. The molecule has 3 rings (SSSR count). The van der Waals surface area contributed by atoms with E-state index in [1.165, 1.54) is 17.0 Å². The molecular weight excluding hydrogens is 578 g/mol. The second-order valence-electron chi connectivity index (χ2n) is 9.19. The summed E-state index contributed by atoms with van der Waals surface area (Å²) in [6, 6.07) is 23.8. The molecule has 0 radical (unpaired) electrons. The van der Waals surface area contributed by atoms with Crippen LogP contribution in [0.1, 0.15) is 38.7 Å². The predicted molar refractivity (Wildman–Crippen MR) is 159 cm³/mol. The maximum absolute atomic E-state index is 14.0. The quantitative estimate of drug-likeness (QED) is 0.246. The second-order valence-corrected chi connectivity index (χ2v) is 12.0. The number of sulfonamides is 1. The van der Waals surface area contributed by atoms with E-state index in [1.807, 2.05) is 44.2 Å². The van der Waals surface area contributed by atoms with Crippen molar-refractivity contribution in [1.82, 2.24) is 10.2 Å². The minimum Gasteiger partial charge on any atom is -0.354 e. The molecule has 0 aromatic heterocycles. The van der Waals surface area contributed by atoms with Crippen LogP contribution in [0.5, 0.6) is 0 Å². The van der Waals surface area contributed by atoms with Gasteiger partial charge in [-0.25, -0.2) is 8.42 Å². The Morgan fingerprint density at radius 1 is 0.897 bits per heavy atom. The second kappa shape index (κ2) is 14.8. The van der Waals surface area contributed by atoms with Gasteiger partial charge in [-0.1, -0.05) is 84.7 Å². The molecule has 0 aliphatic heterocycles. The van der Waals surface area contributed by atoms with Crippen molar-refractivity contribution < 1.29 is 18.0 Å². The number of carbonyl (C=O) groups is 2. The Balaban J connectivity index is 1.96. The first-order valence-electron chi connectivity index (χ1n) is 13.2. The Kier molecular flexibility index (Phi) is 11.6. The van der Waals surface area contributed by atoms with E-state index in [9.17, 15) is 18.0 Å². The molecule has 3 aromatic carbocycles. The van der Waals surface area contributed by atoms with Gasteiger partial charge in [0.25, 0.3) is 10.0 Å². The molecule has 0 fully saturated rings. The molecule has 3 aromatic rings. The number of nitrogens with zero attached hydrogens (tertiary/aromatic N) is 2. The number of halogens is 1. The summed E-state index contributed by atoms with van der Waals surface area (Å²) in [5, 5.41) is 2.95. The summed E-state index contributed by atoms with van der Waals surface area (Å²) in [5.41, 5.74) is 1.39. The van der Waals surface area contributed by atoms with Crippen LogP contribution in [0.15, 0.2) is 94.3 Å². The molecule has 0 aliphatic carbocycles. The van der Waals surface area contributed by atoms with Gasteiger partial charge in [-0.3, -0.25) is 13.9 Å². The third-order valence-electron chi connectivity index (χ3n) is 6.42. The summed E-state index contributed by atoms with van der Waals surface area (Å²) in [6.07, 6.45) is 2.72. The molecule has 7 nitrogen and oxygen atoms in total. The number of hydrogen-bond donors (Lipinski definition) is 1. The molecule has 0 saturated heterocycles. The Labute approximate surface area is 240 Å². The van der Waals surface area contributed by atoms with E-state index < -0.39 is 28.5 Å². The van der Waals surface area contributed by atoms with E-state index in [0.717, 1.165) is 27.2 Å². The molecule has 39 heavy (non-hydrogen) atoms. The lowest BCUT2D eigenvalue weighted by atomic mass is 10.1. The minimum absolute atomic E-state index is 0.0842. The molecule has 0 spiro atoms. The van der Waals surface area contributed by atoms with Crippen molar-refractivity contribution in [3.8, 4) is 0 Å². The summed E-state index contributed by atoms with van der Waals surface area (Å²) < 4.78 is 29.4. The van der Waals surface area contributed by atoms with Crippen molar-refractivity contribution in [1.29, 1.82) is 0 Å². The first-order chi connectivity index (χ1) is 18.8. The molecule has 208 valence electrons. The largest absolute Gasteiger partial charge is 0.354 e. The number of rotatable bonds is 14. The fraction of sp³-hybridized carbons (Fsp3) is 0.333. The van der Waals surface area contributed by atoms with Crippen LogP contribution in [0.2, 0.25) is 0 Å². The zero-order chi connectivity index (χ0) is 28.3. The topological polar surface area (TPSA) is 86.8 Å². The first-order valence-corrected chi connectivity index (χ1v) is 15.5. The van der Waals surface area contributed by atoms with Crippen LogP contribution < -0.4 is 9.62 Å². The van der Waals surface area contributed by atoms with E-state index in [-0.39, 0.29) is 17.3 Å². The molecule has 0 unspecified atom stereocenters. The van der Waals surface area contributed by atoms with E-state index in [2.05, 4.69) is 21.2 Å². The maximum atomic E-state index is 14.0. The molecule has 2 amide bonds. The normalized spacial score (nSPS) is 12.0. The third-order valence-corrected chi connectivity index (χ3v) is 8.74. The Bertz CT molecular complexity index is 1300. The van der Waals surface area contributed by atoms with Crippen molar-refractivity contribution in [2.75, 3.05) is 23.9 Å². The van der Waals surface area contributed by atoms with Gasteiger partial charge in [0, 0.05) is 17.6 Å². The van der Waals surface area contributed by atoms with Crippen LogP contribution in [-0.4, -0.2) is 50.8 Å². The van der Waals surface area contributed by atoms with Crippen molar-refractivity contribution in [2.45, 2.75) is 50.5 Å². The highest BCUT2D eigenvalue weighted by Crippen LogP contribution is 2.26. The van der Waals surface area contributed by atoms with Gasteiger partial charge in [-0.05, 0) is 61.2 Å². The number of unbranched alkanes of at least 4 members (excludes halogenated alkanes) is 1. The smallest absolute Gasteiger partial charge is 0.264 e. The van der Waals surface area contributed by atoms with Gasteiger partial charge in [-0.15, -0.1) is 0 Å². The van der Waals surface area contributed by atoms with Crippen molar-refractivity contribution >= 4 is 43.5 Å². The highest BCUT2D eigenvalue weighted by atomic mass is 79.9. The number of nitrogens with one attached hydrogen (secondary N) is 1. The zero-order valence-corrected chi connectivity index (χ0v) is 24.8. The highest BCUT2D eigenvalue weighted by Gasteiger charge is 2.33. The Morgan fingerprint density at radius 2 is 1.51 bits per heavy atom. The van der Waals surface area contributed by atoms with Crippen LogP contribution in [0.25, 0.3) is 0 Å². The summed E-state index contributed by atoms with van der Waals surface area (Å²) in [4.78, 5) is 28.7. The molecule has 0 saturated carbocycles. The SMILES string of the molecule is CCCCNC(=O)[C@H](CC)N(CCc1ccccc1)C(=O)CN(c1ccc(Br)cc1)S(=O)(=O)c1ccccc1. The van der Waals surface area contributed by atoms with Crippen LogP contribution in [-0.2, 0) is 26.0 Å². The summed E-state index contributed by atoms with van der Waals surface area (Å²) in [6.45, 7) is 4.28. The summed E-state index contributed by atoms with van der Waals surface area (Å²) >= 11 is 3.39. The van der Waals surface area contributed by atoms with Crippen LogP contribution in [0, 0.1) is 0 Å². The third kappa shape index (κ3) is 8.41. The maximum Gasteiger partial charge on any atom is 0.264 e. The lowest BCUT2D eigenvalue weighted by Crippen LogP contribution is -2.53. The van der Waals surface area contributed by atoms with Crippen LogP contribution in [0.3, 0.4) is 0 Å². The zero-order valence-electron chi connectivity index (χ0n) is 22.4. The van der Waals surface area contributed by atoms with Crippen molar-refractivity contribution in [2.24, 2.45) is 0 Å². The van der Waals surface area contributed by atoms with Crippen LogP contribution in [0.4, 0.5) is 5.69 Å². The van der Waals surface area contributed by atoms with E-state index >= 15 is 0 Å². The average molecular weight is 615 g/mol. The van der Waals surface area contributed by atoms with E-state index in [4.69, 9.17) is 0 Å². The Morgan fingerprint density at radius 3 is 2.10 bits per heavy atom. The average Bonchev–Trinajstić information content (AvgIpc) is 2.95. The van der Waals surface area contributed by atoms with Gasteiger partial charge >= 0.3 is 0 Å². The number of carbonyl (C=O) groups excluding carboxylic acids is 2. The molecule has 0 bridgehead atoms.